The van der Waals surface area contributed by atoms with Crippen LogP contribution in [0.15, 0.2) is 24.3 Å². The summed E-state index contributed by atoms with van der Waals surface area (Å²) in [6.45, 7) is 2.85. The van der Waals surface area contributed by atoms with E-state index in [4.69, 9.17) is 9.47 Å². The number of methoxy groups -OCH3 is 1. The van der Waals surface area contributed by atoms with Crippen LogP contribution in [0.1, 0.15) is 6.42 Å². The fourth-order valence-electron chi connectivity index (χ4n) is 2.46. The maximum atomic E-state index is 12.9. The molecule has 1 saturated heterocycles. The second-order valence-corrected chi connectivity index (χ2v) is 6.76. The monoisotopic (exact) mass is 392 g/mol. The zero-order valence-corrected chi connectivity index (χ0v) is 16.0. The number of hydrogen-bond donors (Lipinski definition) is 1. The van der Waals surface area contributed by atoms with Gasteiger partial charge in [0.05, 0.1) is 13.2 Å². The molecule has 1 unspecified atom stereocenters. The van der Waals surface area contributed by atoms with Gasteiger partial charge in [0.25, 0.3) is 0 Å². The van der Waals surface area contributed by atoms with Gasteiger partial charge in [-0.1, -0.05) is 0 Å². The molecule has 0 bridgehead atoms. The largest absolute Gasteiger partial charge is 0.492 e. The number of thioether (sulfide) groups is 1. The number of halogens is 2. The maximum absolute atomic E-state index is 12.9. The SMILES string of the molecule is COCCN(CCOc1ccc(F)cc1)C(=O)CC1CSCCN1.Cl. The van der Waals surface area contributed by atoms with Gasteiger partial charge in [-0.25, -0.2) is 4.39 Å². The molecule has 1 aromatic rings. The summed E-state index contributed by atoms with van der Waals surface area (Å²) in [6.07, 6.45) is 0.493. The Hall–Kier alpha value is -1.02. The zero-order chi connectivity index (χ0) is 17.2. The first kappa shape index (κ1) is 22.0. The molecule has 1 aromatic carbocycles. The minimum absolute atomic E-state index is 0. The first-order valence-electron chi connectivity index (χ1n) is 8.15. The van der Waals surface area contributed by atoms with Crippen LogP contribution >= 0.6 is 24.2 Å². The van der Waals surface area contributed by atoms with E-state index in [2.05, 4.69) is 5.32 Å². The molecular formula is C17H26ClFN2O3S. The molecule has 0 saturated carbocycles. The van der Waals surface area contributed by atoms with E-state index >= 15 is 0 Å². The lowest BCUT2D eigenvalue weighted by atomic mass is 10.2. The number of nitrogens with zero attached hydrogens (tertiary/aromatic N) is 1. The van der Waals surface area contributed by atoms with E-state index in [1.807, 2.05) is 11.8 Å². The number of amides is 1. The minimum atomic E-state index is -0.294. The Kier molecular flexibility index (Phi) is 10.9. The molecule has 5 nitrogen and oxygen atoms in total. The van der Waals surface area contributed by atoms with Gasteiger partial charge in [-0.15, -0.1) is 12.4 Å². The van der Waals surface area contributed by atoms with Crippen LogP contribution in [-0.2, 0) is 9.53 Å². The summed E-state index contributed by atoms with van der Waals surface area (Å²) in [5.41, 5.74) is 0. The third-order valence-corrected chi connectivity index (χ3v) is 4.91. The lowest BCUT2D eigenvalue weighted by Gasteiger charge is -2.27. The highest BCUT2D eigenvalue weighted by molar-refractivity contribution is 7.99. The number of nitrogens with one attached hydrogen (secondary N) is 1. The minimum Gasteiger partial charge on any atom is -0.492 e. The number of rotatable bonds is 9. The Bertz CT molecular complexity index is 501. The van der Waals surface area contributed by atoms with Crippen molar-refractivity contribution in [3.8, 4) is 5.75 Å². The van der Waals surface area contributed by atoms with Gasteiger partial charge >= 0.3 is 0 Å². The van der Waals surface area contributed by atoms with Crippen molar-refractivity contribution in [3.05, 3.63) is 30.1 Å². The molecule has 1 N–H and O–H groups in total. The molecule has 1 heterocycles. The number of benzene rings is 1. The molecular weight excluding hydrogens is 367 g/mol. The van der Waals surface area contributed by atoms with Crippen molar-refractivity contribution < 1.29 is 18.7 Å². The predicted octanol–water partition coefficient (Wildman–Crippen LogP) is 2.20. The molecule has 0 aromatic heterocycles. The first-order valence-corrected chi connectivity index (χ1v) is 9.30. The number of carbonyl (C=O) groups excluding carboxylic acids is 1. The second kappa shape index (κ2) is 12.4. The van der Waals surface area contributed by atoms with E-state index in [-0.39, 0.29) is 30.2 Å². The molecule has 0 aliphatic carbocycles. The predicted molar refractivity (Wildman–Crippen MR) is 101 cm³/mol. The van der Waals surface area contributed by atoms with Crippen LogP contribution in [0.2, 0.25) is 0 Å². The molecule has 2 rings (SSSR count). The topological polar surface area (TPSA) is 50.8 Å². The van der Waals surface area contributed by atoms with Gasteiger partial charge in [0.2, 0.25) is 5.91 Å². The zero-order valence-electron chi connectivity index (χ0n) is 14.4. The van der Waals surface area contributed by atoms with Crippen molar-refractivity contribution in [3.63, 3.8) is 0 Å². The van der Waals surface area contributed by atoms with E-state index in [9.17, 15) is 9.18 Å². The van der Waals surface area contributed by atoms with Gasteiger partial charge in [-0.2, -0.15) is 11.8 Å². The van der Waals surface area contributed by atoms with Crippen LogP contribution < -0.4 is 10.1 Å². The van der Waals surface area contributed by atoms with Gasteiger partial charge in [-0.05, 0) is 24.3 Å². The molecule has 1 aliphatic heterocycles. The Balaban J connectivity index is 0.00000312. The van der Waals surface area contributed by atoms with Crippen LogP contribution in [0.3, 0.4) is 0 Å². The van der Waals surface area contributed by atoms with Crippen molar-refractivity contribution in [1.29, 1.82) is 0 Å². The highest BCUT2D eigenvalue weighted by atomic mass is 35.5. The van der Waals surface area contributed by atoms with Crippen LogP contribution in [0, 0.1) is 5.82 Å². The highest BCUT2D eigenvalue weighted by Gasteiger charge is 2.20. The standard InChI is InChI=1S/C17H25FN2O3S.ClH/c1-22-9-7-20(17(21)12-15-13-24-11-6-19-15)8-10-23-16-4-2-14(18)3-5-16;/h2-5,15,19H,6-13H2,1H3;1H. The number of hydrogen-bond acceptors (Lipinski definition) is 5. The summed E-state index contributed by atoms with van der Waals surface area (Å²) in [5.74, 6) is 2.48. The fourth-order valence-corrected chi connectivity index (χ4v) is 3.41. The third-order valence-electron chi connectivity index (χ3n) is 3.78. The Labute approximate surface area is 159 Å². The van der Waals surface area contributed by atoms with Crippen LogP contribution in [0.25, 0.3) is 0 Å². The summed E-state index contributed by atoms with van der Waals surface area (Å²) in [5, 5.41) is 3.38. The molecule has 1 aliphatic rings. The Morgan fingerprint density at radius 1 is 1.32 bits per heavy atom. The second-order valence-electron chi connectivity index (χ2n) is 5.61. The summed E-state index contributed by atoms with van der Waals surface area (Å²) in [7, 11) is 1.62. The van der Waals surface area contributed by atoms with Crippen LogP contribution in [-0.4, -0.2) is 68.3 Å². The van der Waals surface area contributed by atoms with Crippen LogP contribution in [0.5, 0.6) is 5.75 Å². The maximum Gasteiger partial charge on any atom is 0.224 e. The quantitative estimate of drug-likeness (QED) is 0.698. The van der Waals surface area contributed by atoms with Gasteiger partial charge in [-0.3, -0.25) is 4.79 Å². The van der Waals surface area contributed by atoms with Crippen molar-refractivity contribution in [2.45, 2.75) is 12.5 Å². The third kappa shape index (κ3) is 8.27. The average molecular weight is 393 g/mol. The molecule has 1 amide bonds. The first-order chi connectivity index (χ1) is 11.7. The molecule has 1 fully saturated rings. The lowest BCUT2D eigenvalue weighted by molar-refractivity contribution is -0.132. The molecule has 1 atom stereocenters. The van der Waals surface area contributed by atoms with Crippen LogP contribution in [0.4, 0.5) is 4.39 Å². The number of carbonyl (C=O) groups is 1. The molecule has 142 valence electrons. The Morgan fingerprint density at radius 3 is 2.68 bits per heavy atom. The normalized spacial score (nSPS) is 16.8. The summed E-state index contributed by atoms with van der Waals surface area (Å²) in [4.78, 5) is 14.3. The van der Waals surface area contributed by atoms with Crippen molar-refractivity contribution in [1.82, 2.24) is 10.2 Å². The highest BCUT2D eigenvalue weighted by Crippen LogP contribution is 2.13. The van der Waals surface area contributed by atoms with Gasteiger partial charge in [0.1, 0.15) is 18.2 Å². The summed E-state index contributed by atoms with van der Waals surface area (Å²) in [6, 6.07) is 6.12. The summed E-state index contributed by atoms with van der Waals surface area (Å²) >= 11 is 1.88. The molecule has 8 heteroatoms. The lowest BCUT2D eigenvalue weighted by Crippen LogP contribution is -2.44. The number of ether oxygens (including phenoxy) is 2. The van der Waals surface area contributed by atoms with Gasteiger partial charge < -0.3 is 19.7 Å². The Morgan fingerprint density at radius 2 is 2.04 bits per heavy atom. The summed E-state index contributed by atoms with van der Waals surface area (Å²) < 4.78 is 23.6. The fraction of sp³-hybridized carbons (Fsp3) is 0.588. The van der Waals surface area contributed by atoms with Crippen molar-refractivity contribution >= 4 is 30.1 Å². The van der Waals surface area contributed by atoms with E-state index in [0.717, 1.165) is 18.1 Å². The van der Waals surface area contributed by atoms with Crippen molar-refractivity contribution in [2.75, 3.05) is 51.5 Å². The van der Waals surface area contributed by atoms with Crippen molar-refractivity contribution in [2.24, 2.45) is 0 Å². The molecule has 25 heavy (non-hydrogen) atoms. The van der Waals surface area contributed by atoms with E-state index < -0.39 is 0 Å². The van der Waals surface area contributed by atoms with Gasteiger partial charge in [0.15, 0.2) is 0 Å². The van der Waals surface area contributed by atoms with E-state index in [1.54, 1.807) is 24.1 Å². The van der Waals surface area contributed by atoms with E-state index in [1.165, 1.54) is 12.1 Å². The molecule has 0 spiro atoms. The average Bonchev–Trinajstić information content (AvgIpc) is 2.60. The smallest absolute Gasteiger partial charge is 0.224 e. The van der Waals surface area contributed by atoms with E-state index in [0.29, 0.717) is 38.5 Å². The van der Waals surface area contributed by atoms with Gasteiger partial charge in [0, 0.05) is 44.2 Å². The molecule has 0 radical (unpaired) electrons.